The molecule has 106 valence electrons. The van der Waals surface area contributed by atoms with E-state index in [1.807, 2.05) is 13.8 Å². The quantitative estimate of drug-likeness (QED) is 0.558. The molecule has 0 aromatic carbocycles. The Hall–Kier alpha value is -1.96. The summed E-state index contributed by atoms with van der Waals surface area (Å²) in [6, 6.07) is 0.0557. The summed E-state index contributed by atoms with van der Waals surface area (Å²) in [5.74, 6) is 0.00384. The molecule has 1 aromatic heterocycles. The Morgan fingerprint density at radius 2 is 2.11 bits per heavy atom. The van der Waals surface area contributed by atoms with Gasteiger partial charge in [0.1, 0.15) is 6.33 Å². The largest absolute Gasteiger partial charge is 0.395 e. The van der Waals surface area contributed by atoms with Gasteiger partial charge < -0.3 is 15.7 Å². The third-order valence-electron chi connectivity index (χ3n) is 3.01. The van der Waals surface area contributed by atoms with Crippen LogP contribution in [0.5, 0.6) is 0 Å². The van der Waals surface area contributed by atoms with Gasteiger partial charge in [0.15, 0.2) is 0 Å². The standard InChI is InChI=1S/C11H19N5O3/c1-3-8(4-2)15(5-6-17)11-9(16(18)19)10(12)13-7-14-11/h7-8,17H,3-6H2,1-2H3,(H2,12,13,14). The lowest BCUT2D eigenvalue weighted by atomic mass is 10.1. The maximum absolute atomic E-state index is 11.1. The number of aliphatic hydroxyl groups excluding tert-OH is 1. The van der Waals surface area contributed by atoms with Crippen LogP contribution in [0.4, 0.5) is 17.3 Å². The molecule has 3 N–H and O–H groups in total. The minimum Gasteiger partial charge on any atom is -0.395 e. The number of hydrogen-bond donors (Lipinski definition) is 2. The number of nitrogens with zero attached hydrogens (tertiary/aromatic N) is 4. The lowest BCUT2D eigenvalue weighted by Crippen LogP contribution is -2.38. The number of nitro groups is 1. The molecule has 0 radical (unpaired) electrons. The highest BCUT2D eigenvalue weighted by atomic mass is 16.6. The first-order valence-corrected chi connectivity index (χ1v) is 6.19. The number of nitrogen functional groups attached to an aromatic ring is 1. The normalized spacial score (nSPS) is 10.7. The van der Waals surface area contributed by atoms with Crippen LogP contribution in [0.15, 0.2) is 6.33 Å². The van der Waals surface area contributed by atoms with Crippen molar-refractivity contribution >= 4 is 17.3 Å². The van der Waals surface area contributed by atoms with Crippen molar-refractivity contribution in [3.05, 3.63) is 16.4 Å². The molecule has 1 heterocycles. The van der Waals surface area contributed by atoms with Gasteiger partial charge in [-0.05, 0) is 12.8 Å². The Labute approximate surface area is 111 Å². The monoisotopic (exact) mass is 269 g/mol. The van der Waals surface area contributed by atoms with Crippen molar-refractivity contribution in [3.63, 3.8) is 0 Å². The van der Waals surface area contributed by atoms with Crippen molar-refractivity contribution in [1.29, 1.82) is 0 Å². The van der Waals surface area contributed by atoms with Gasteiger partial charge in [0.2, 0.25) is 11.6 Å². The fourth-order valence-electron chi connectivity index (χ4n) is 2.07. The summed E-state index contributed by atoms with van der Waals surface area (Å²) in [6.07, 6.45) is 2.78. The van der Waals surface area contributed by atoms with Crippen LogP contribution in [0.25, 0.3) is 0 Å². The van der Waals surface area contributed by atoms with E-state index in [1.165, 1.54) is 6.33 Å². The van der Waals surface area contributed by atoms with Crippen molar-refractivity contribution in [2.75, 3.05) is 23.8 Å². The molecule has 0 aliphatic rings. The lowest BCUT2D eigenvalue weighted by molar-refractivity contribution is -0.383. The van der Waals surface area contributed by atoms with E-state index in [0.29, 0.717) is 0 Å². The SMILES string of the molecule is CCC(CC)N(CCO)c1ncnc(N)c1[N+](=O)[O-]. The van der Waals surface area contributed by atoms with Gasteiger partial charge in [-0.3, -0.25) is 10.1 Å². The van der Waals surface area contributed by atoms with Gasteiger partial charge in [0.25, 0.3) is 0 Å². The van der Waals surface area contributed by atoms with E-state index in [9.17, 15) is 10.1 Å². The Bertz CT molecular complexity index is 436. The van der Waals surface area contributed by atoms with Gasteiger partial charge in [-0.25, -0.2) is 9.97 Å². The van der Waals surface area contributed by atoms with Crippen LogP contribution in [0.1, 0.15) is 26.7 Å². The second kappa shape index (κ2) is 6.83. The number of rotatable bonds is 7. The van der Waals surface area contributed by atoms with Gasteiger partial charge in [-0.15, -0.1) is 0 Å². The molecular weight excluding hydrogens is 250 g/mol. The van der Waals surface area contributed by atoms with Crippen LogP contribution >= 0.6 is 0 Å². The summed E-state index contributed by atoms with van der Waals surface area (Å²) in [7, 11) is 0. The predicted molar refractivity (Wildman–Crippen MR) is 71.9 cm³/mol. The average Bonchev–Trinajstić information content (AvgIpc) is 2.38. The fourth-order valence-corrected chi connectivity index (χ4v) is 2.07. The first kappa shape index (κ1) is 15.1. The number of aliphatic hydroxyl groups is 1. The van der Waals surface area contributed by atoms with E-state index < -0.39 is 4.92 Å². The molecule has 1 aromatic rings. The summed E-state index contributed by atoms with van der Waals surface area (Å²) in [6.45, 7) is 4.12. The summed E-state index contributed by atoms with van der Waals surface area (Å²) in [4.78, 5) is 19.9. The van der Waals surface area contributed by atoms with Crippen molar-refractivity contribution in [2.45, 2.75) is 32.7 Å². The molecule has 0 bridgehead atoms. The minimum atomic E-state index is -0.586. The van der Waals surface area contributed by atoms with Crippen LogP contribution in [-0.4, -0.2) is 39.2 Å². The van der Waals surface area contributed by atoms with Gasteiger partial charge in [0, 0.05) is 12.6 Å². The van der Waals surface area contributed by atoms with Gasteiger partial charge in [0.05, 0.1) is 11.5 Å². The molecule has 0 aliphatic heterocycles. The Kier molecular flexibility index (Phi) is 5.43. The second-order valence-corrected chi connectivity index (χ2v) is 4.08. The molecule has 19 heavy (non-hydrogen) atoms. The lowest BCUT2D eigenvalue weighted by Gasteiger charge is -2.30. The topological polar surface area (TPSA) is 118 Å². The fraction of sp³-hybridized carbons (Fsp3) is 0.636. The molecule has 0 spiro atoms. The highest BCUT2D eigenvalue weighted by Crippen LogP contribution is 2.31. The number of aromatic nitrogens is 2. The van der Waals surface area contributed by atoms with Crippen molar-refractivity contribution in [1.82, 2.24) is 9.97 Å². The predicted octanol–water partition coefficient (Wildman–Crippen LogP) is 0.954. The van der Waals surface area contributed by atoms with Crippen LogP contribution in [0, 0.1) is 10.1 Å². The van der Waals surface area contributed by atoms with Crippen LogP contribution < -0.4 is 10.6 Å². The maximum Gasteiger partial charge on any atom is 0.353 e. The summed E-state index contributed by atoms with van der Waals surface area (Å²) < 4.78 is 0. The summed E-state index contributed by atoms with van der Waals surface area (Å²) >= 11 is 0. The Morgan fingerprint density at radius 3 is 2.58 bits per heavy atom. The zero-order valence-electron chi connectivity index (χ0n) is 11.1. The Balaban J connectivity index is 3.29. The number of nitrogens with two attached hydrogens (primary N) is 1. The van der Waals surface area contributed by atoms with Gasteiger partial charge in [-0.1, -0.05) is 13.8 Å². The Morgan fingerprint density at radius 1 is 1.47 bits per heavy atom. The third kappa shape index (κ3) is 3.28. The zero-order valence-corrected chi connectivity index (χ0v) is 11.1. The third-order valence-corrected chi connectivity index (χ3v) is 3.01. The summed E-state index contributed by atoms with van der Waals surface area (Å²) in [5.41, 5.74) is 5.25. The van der Waals surface area contributed by atoms with E-state index in [0.717, 1.165) is 12.8 Å². The highest BCUT2D eigenvalue weighted by molar-refractivity contribution is 5.68. The molecule has 0 fully saturated rings. The van der Waals surface area contributed by atoms with Crippen LogP contribution in [-0.2, 0) is 0 Å². The van der Waals surface area contributed by atoms with Crippen molar-refractivity contribution in [3.8, 4) is 0 Å². The van der Waals surface area contributed by atoms with Crippen LogP contribution in [0.3, 0.4) is 0 Å². The number of anilines is 2. The zero-order chi connectivity index (χ0) is 14.4. The van der Waals surface area contributed by atoms with Gasteiger partial charge in [-0.2, -0.15) is 0 Å². The van der Waals surface area contributed by atoms with Gasteiger partial charge >= 0.3 is 5.69 Å². The molecule has 0 unspecified atom stereocenters. The average molecular weight is 269 g/mol. The molecule has 1 rings (SSSR count). The van der Waals surface area contributed by atoms with E-state index in [1.54, 1.807) is 4.90 Å². The summed E-state index contributed by atoms with van der Waals surface area (Å²) in [5, 5.41) is 20.3. The molecular formula is C11H19N5O3. The molecule has 0 aliphatic carbocycles. The molecule has 0 amide bonds. The number of hydrogen-bond acceptors (Lipinski definition) is 7. The van der Waals surface area contributed by atoms with E-state index in [4.69, 9.17) is 10.8 Å². The molecule has 0 atom stereocenters. The van der Waals surface area contributed by atoms with E-state index in [2.05, 4.69) is 9.97 Å². The molecule has 8 nitrogen and oxygen atoms in total. The molecule has 0 saturated heterocycles. The van der Waals surface area contributed by atoms with Crippen molar-refractivity contribution < 1.29 is 10.0 Å². The van der Waals surface area contributed by atoms with Crippen LogP contribution in [0.2, 0.25) is 0 Å². The second-order valence-electron chi connectivity index (χ2n) is 4.08. The first-order chi connectivity index (χ1) is 9.06. The van der Waals surface area contributed by atoms with E-state index in [-0.39, 0.29) is 36.5 Å². The molecule has 8 heteroatoms. The maximum atomic E-state index is 11.1. The minimum absolute atomic E-state index is 0.0557. The highest BCUT2D eigenvalue weighted by Gasteiger charge is 2.28. The molecule has 0 saturated carbocycles. The smallest absolute Gasteiger partial charge is 0.353 e. The first-order valence-electron chi connectivity index (χ1n) is 6.19. The van der Waals surface area contributed by atoms with Crippen molar-refractivity contribution in [2.24, 2.45) is 0 Å². The van der Waals surface area contributed by atoms with E-state index >= 15 is 0 Å².